The lowest BCUT2D eigenvalue weighted by Crippen LogP contribution is -2.61. The maximum Gasteiger partial charge on any atom is 0.229 e. The van der Waals surface area contributed by atoms with Crippen LogP contribution in [0.5, 0.6) is 0 Å². The van der Waals surface area contributed by atoms with Crippen molar-refractivity contribution in [3.63, 3.8) is 0 Å². The van der Waals surface area contributed by atoms with Gasteiger partial charge in [-0.3, -0.25) is 4.79 Å². The minimum absolute atomic E-state index is 0.152. The van der Waals surface area contributed by atoms with Crippen molar-refractivity contribution in [2.45, 2.75) is 65.3 Å². The van der Waals surface area contributed by atoms with Crippen molar-refractivity contribution in [2.24, 2.45) is 27.9 Å². The Balaban J connectivity index is 1.91. The molecule has 118 valence electrons. The fourth-order valence-corrected chi connectivity index (χ4v) is 6.59. The van der Waals surface area contributed by atoms with Gasteiger partial charge in [0.25, 0.3) is 0 Å². The Morgan fingerprint density at radius 1 is 1.19 bits per heavy atom. The van der Waals surface area contributed by atoms with Gasteiger partial charge in [0.1, 0.15) is 0 Å². The van der Waals surface area contributed by atoms with Gasteiger partial charge in [0.05, 0.1) is 16.4 Å². The van der Waals surface area contributed by atoms with Gasteiger partial charge in [-0.15, -0.1) is 0 Å². The van der Waals surface area contributed by atoms with E-state index >= 15 is 0 Å². The minimum Gasteiger partial charge on any atom is -0.392 e. The summed E-state index contributed by atoms with van der Waals surface area (Å²) in [6.07, 6.45) is 7.10. The molecule has 4 aliphatic carbocycles. The van der Waals surface area contributed by atoms with Gasteiger partial charge in [0.15, 0.2) is 0 Å². The summed E-state index contributed by atoms with van der Waals surface area (Å²) in [5.74, 6) is 1.01. The van der Waals surface area contributed by atoms with Gasteiger partial charge in [-0.2, -0.15) is 0 Å². The van der Waals surface area contributed by atoms with Gasteiger partial charge < -0.3 is 10.6 Å². The second-order valence-corrected chi connectivity index (χ2v) is 9.38. The Kier molecular flexibility index (Phi) is 3.22. The van der Waals surface area contributed by atoms with Crippen LogP contribution in [-0.2, 0) is 4.79 Å². The third kappa shape index (κ3) is 2.30. The summed E-state index contributed by atoms with van der Waals surface area (Å²) >= 11 is 5.08. The first kappa shape index (κ1) is 15.3. The fraction of sp³-hybridized carbons (Fsp3) is 0.882. The quantitative estimate of drug-likeness (QED) is 0.815. The van der Waals surface area contributed by atoms with Crippen LogP contribution in [0.4, 0.5) is 0 Å². The van der Waals surface area contributed by atoms with E-state index in [-0.39, 0.29) is 17.4 Å². The van der Waals surface area contributed by atoms with E-state index in [1.165, 1.54) is 19.3 Å². The number of rotatable bonds is 3. The molecule has 0 aromatic rings. The molecular weight excluding hydrogens is 280 g/mol. The number of carbonyl (C=O) groups is 1. The summed E-state index contributed by atoms with van der Waals surface area (Å²) in [6, 6.07) is -0.152. The summed E-state index contributed by atoms with van der Waals surface area (Å²) in [5, 5.41) is 0. The van der Waals surface area contributed by atoms with Gasteiger partial charge in [0.2, 0.25) is 5.91 Å². The molecule has 4 bridgehead atoms. The van der Waals surface area contributed by atoms with Crippen molar-refractivity contribution in [1.29, 1.82) is 0 Å². The van der Waals surface area contributed by atoms with Crippen LogP contribution >= 0.6 is 12.2 Å². The van der Waals surface area contributed by atoms with Crippen molar-refractivity contribution in [3.05, 3.63) is 0 Å². The Labute approximate surface area is 133 Å². The number of nitrogens with two attached hydrogens (primary N) is 1. The molecule has 4 fully saturated rings. The summed E-state index contributed by atoms with van der Waals surface area (Å²) in [7, 11) is 1.87. The Hall–Kier alpha value is -0.640. The lowest BCUT2D eigenvalue weighted by molar-refractivity contribution is -0.178. The third-order valence-electron chi connectivity index (χ3n) is 6.39. The van der Waals surface area contributed by atoms with Crippen LogP contribution < -0.4 is 5.73 Å². The van der Waals surface area contributed by atoms with Crippen molar-refractivity contribution in [2.75, 3.05) is 7.05 Å². The molecule has 4 heteroatoms. The standard InChI is InChI=1S/C17H28N2OS/c1-11(13(18)21)19(4)14(20)17-7-12-5-15(2,9-17)8-16(3,6-12)10-17/h11-12H,5-10H2,1-4H3,(H2,18,21). The van der Waals surface area contributed by atoms with Gasteiger partial charge >= 0.3 is 0 Å². The van der Waals surface area contributed by atoms with Crippen LogP contribution in [0.25, 0.3) is 0 Å². The smallest absolute Gasteiger partial charge is 0.229 e. The number of hydrogen-bond donors (Lipinski definition) is 1. The van der Waals surface area contributed by atoms with Gasteiger partial charge in [-0.1, -0.05) is 26.1 Å². The first-order valence-corrected chi connectivity index (χ1v) is 8.56. The monoisotopic (exact) mass is 308 g/mol. The van der Waals surface area contributed by atoms with Gasteiger partial charge in [-0.25, -0.2) is 0 Å². The second kappa shape index (κ2) is 4.43. The van der Waals surface area contributed by atoms with E-state index in [0.29, 0.717) is 15.8 Å². The molecule has 0 aromatic heterocycles. The average Bonchev–Trinajstić information content (AvgIpc) is 2.31. The first-order valence-electron chi connectivity index (χ1n) is 8.15. The van der Waals surface area contributed by atoms with E-state index in [0.717, 1.165) is 25.2 Å². The van der Waals surface area contributed by atoms with Crippen LogP contribution in [-0.4, -0.2) is 28.9 Å². The fourth-order valence-electron chi connectivity index (χ4n) is 6.43. The summed E-state index contributed by atoms with van der Waals surface area (Å²) in [5.41, 5.74) is 6.32. The molecule has 21 heavy (non-hydrogen) atoms. The van der Waals surface area contributed by atoms with Gasteiger partial charge in [-0.05, 0) is 62.2 Å². The normalized spacial score (nSPS) is 45.4. The first-order chi connectivity index (χ1) is 9.58. The van der Waals surface area contributed by atoms with Crippen molar-refractivity contribution in [3.8, 4) is 0 Å². The molecule has 1 amide bonds. The molecule has 3 nitrogen and oxygen atoms in total. The van der Waals surface area contributed by atoms with Crippen LogP contribution in [0.2, 0.25) is 0 Å². The molecule has 4 aliphatic rings. The van der Waals surface area contributed by atoms with E-state index in [2.05, 4.69) is 13.8 Å². The third-order valence-corrected chi connectivity index (χ3v) is 6.73. The lowest BCUT2D eigenvalue weighted by atomic mass is 9.40. The number of likely N-dealkylation sites (N-methyl/N-ethyl adjacent to an activating group) is 1. The molecule has 0 spiro atoms. The summed E-state index contributed by atoms with van der Waals surface area (Å²) in [6.45, 7) is 6.73. The number of hydrogen-bond acceptors (Lipinski definition) is 2. The highest BCUT2D eigenvalue weighted by Crippen LogP contribution is 2.69. The zero-order valence-corrected chi connectivity index (χ0v) is 14.6. The number of carbonyl (C=O) groups excluding carboxylic acids is 1. The lowest BCUT2D eigenvalue weighted by Gasteiger charge is -2.65. The van der Waals surface area contributed by atoms with Crippen LogP contribution in [0.1, 0.15) is 59.3 Å². The molecular formula is C17H28N2OS. The average molecular weight is 308 g/mol. The zero-order chi connectivity index (χ0) is 15.6. The number of thiocarbonyl (C=S) groups is 1. The number of nitrogens with zero attached hydrogens (tertiary/aromatic N) is 1. The molecule has 4 rings (SSSR count). The topological polar surface area (TPSA) is 46.3 Å². The Bertz CT molecular complexity index is 485. The SMILES string of the molecule is CC(C(N)=S)N(C)C(=O)C12CC3CC(C)(CC(C)(C3)C1)C2. The number of amides is 1. The molecule has 4 saturated carbocycles. The molecule has 0 saturated heterocycles. The Morgan fingerprint density at radius 2 is 1.71 bits per heavy atom. The highest BCUT2D eigenvalue weighted by Gasteiger charge is 2.63. The summed E-state index contributed by atoms with van der Waals surface area (Å²) < 4.78 is 0. The van der Waals surface area contributed by atoms with Gasteiger partial charge in [0, 0.05) is 7.05 Å². The largest absolute Gasteiger partial charge is 0.392 e. The van der Waals surface area contributed by atoms with E-state index in [1.807, 2.05) is 18.9 Å². The maximum atomic E-state index is 13.2. The maximum absolute atomic E-state index is 13.2. The zero-order valence-electron chi connectivity index (χ0n) is 13.7. The van der Waals surface area contributed by atoms with Crippen LogP contribution in [0.15, 0.2) is 0 Å². The molecule has 0 radical (unpaired) electrons. The molecule has 3 unspecified atom stereocenters. The van der Waals surface area contributed by atoms with Crippen LogP contribution in [0.3, 0.4) is 0 Å². The predicted octanol–water partition coefficient (Wildman–Crippen LogP) is 3.12. The summed E-state index contributed by atoms with van der Waals surface area (Å²) in [4.78, 5) is 15.5. The van der Waals surface area contributed by atoms with Crippen molar-refractivity contribution in [1.82, 2.24) is 4.90 Å². The predicted molar refractivity (Wildman–Crippen MR) is 88.9 cm³/mol. The van der Waals surface area contributed by atoms with Crippen molar-refractivity contribution >= 4 is 23.1 Å². The highest BCUT2D eigenvalue weighted by atomic mass is 32.1. The highest BCUT2D eigenvalue weighted by molar-refractivity contribution is 7.80. The molecule has 0 heterocycles. The van der Waals surface area contributed by atoms with Crippen LogP contribution in [0, 0.1) is 22.2 Å². The molecule has 0 aromatic carbocycles. The van der Waals surface area contributed by atoms with E-state index in [4.69, 9.17) is 18.0 Å². The van der Waals surface area contributed by atoms with E-state index in [9.17, 15) is 4.79 Å². The van der Waals surface area contributed by atoms with E-state index in [1.54, 1.807) is 0 Å². The molecule has 0 aliphatic heterocycles. The Morgan fingerprint density at radius 3 is 2.14 bits per heavy atom. The minimum atomic E-state index is -0.156. The van der Waals surface area contributed by atoms with Crippen molar-refractivity contribution < 1.29 is 4.79 Å². The molecule has 3 atom stereocenters. The second-order valence-electron chi connectivity index (χ2n) is 8.90. The molecule has 2 N–H and O–H groups in total. The van der Waals surface area contributed by atoms with E-state index < -0.39 is 0 Å².